The second-order valence-electron chi connectivity index (χ2n) is 5.09. The Hall–Kier alpha value is -2.07. The Morgan fingerprint density at radius 1 is 1.40 bits per heavy atom. The van der Waals surface area contributed by atoms with E-state index in [4.69, 9.17) is 4.42 Å². The minimum Gasteiger partial charge on any atom is -0.469 e. The van der Waals surface area contributed by atoms with Crippen molar-refractivity contribution in [3.8, 4) is 0 Å². The number of fused-ring (bicyclic) bond motifs is 1. The molecule has 1 amide bonds. The lowest BCUT2D eigenvalue weighted by molar-refractivity contribution is 0.0983. The van der Waals surface area contributed by atoms with Crippen molar-refractivity contribution >= 4 is 11.6 Å². The van der Waals surface area contributed by atoms with Crippen LogP contribution in [0.15, 0.2) is 41.0 Å². The maximum Gasteiger partial charge on any atom is 0.261 e. The number of hydrogen-bond acceptors (Lipinski definition) is 3. The number of amides is 1. The Labute approximate surface area is 118 Å². The number of para-hydroxylation sites is 1. The molecule has 1 aromatic heterocycles. The van der Waals surface area contributed by atoms with Gasteiger partial charge < -0.3 is 14.6 Å². The fraction of sp³-hybridized carbons (Fsp3) is 0.312. The molecule has 4 nitrogen and oxygen atoms in total. The number of carbonyl (C=O) groups excluding carboxylic acids is 1. The van der Waals surface area contributed by atoms with E-state index < -0.39 is 0 Å². The topological polar surface area (TPSA) is 45.5 Å². The molecule has 3 rings (SSSR count). The third-order valence-corrected chi connectivity index (χ3v) is 3.82. The predicted molar refractivity (Wildman–Crippen MR) is 78.0 cm³/mol. The molecule has 4 heteroatoms. The summed E-state index contributed by atoms with van der Waals surface area (Å²) in [4.78, 5) is 14.5. The third-order valence-electron chi connectivity index (χ3n) is 3.82. The summed E-state index contributed by atoms with van der Waals surface area (Å²) in [6, 6.07) is 10.2. The van der Waals surface area contributed by atoms with E-state index in [0.29, 0.717) is 18.2 Å². The minimum absolute atomic E-state index is 0.00357. The van der Waals surface area contributed by atoms with Gasteiger partial charge in [0.1, 0.15) is 12.0 Å². The SMILES string of the molecule is CNC1CCN(C(=O)c2coc(C)c2)c2ccccc21. The van der Waals surface area contributed by atoms with Crippen molar-refractivity contribution < 1.29 is 9.21 Å². The Kier molecular flexibility index (Phi) is 3.32. The standard InChI is InChI=1S/C16H18N2O2/c1-11-9-12(10-20-11)16(19)18-8-7-14(17-2)13-5-3-4-6-15(13)18/h3-6,9-10,14,17H,7-8H2,1-2H3. The number of anilines is 1. The number of furan rings is 1. The predicted octanol–water partition coefficient (Wildman–Crippen LogP) is 2.90. The molecule has 0 saturated heterocycles. The Bertz CT molecular complexity index is 633. The van der Waals surface area contributed by atoms with Gasteiger partial charge in [-0.1, -0.05) is 18.2 Å². The van der Waals surface area contributed by atoms with E-state index in [-0.39, 0.29) is 5.91 Å². The molecule has 0 saturated carbocycles. The fourth-order valence-electron chi connectivity index (χ4n) is 2.78. The van der Waals surface area contributed by atoms with E-state index >= 15 is 0 Å². The van der Waals surface area contributed by atoms with Crippen LogP contribution in [0.1, 0.15) is 34.1 Å². The van der Waals surface area contributed by atoms with E-state index in [1.165, 1.54) is 11.8 Å². The monoisotopic (exact) mass is 270 g/mol. The van der Waals surface area contributed by atoms with Crippen molar-refractivity contribution in [2.75, 3.05) is 18.5 Å². The molecule has 0 radical (unpaired) electrons. The van der Waals surface area contributed by atoms with Gasteiger partial charge in [0.25, 0.3) is 5.91 Å². The molecule has 2 aromatic rings. The number of rotatable bonds is 2. The smallest absolute Gasteiger partial charge is 0.261 e. The van der Waals surface area contributed by atoms with E-state index in [2.05, 4.69) is 11.4 Å². The normalized spacial score (nSPS) is 17.9. The van der Waals surface area contributed by atoms with Gasteiger partial charge in [0.2, 0.25) is 0 Å². The fourth-order valence-corrected chi connectivity index (χ4v) is 2.78. The van der Waals surface area contributed by atoms with Gasteiger partial charge in [0.05, 0.1) is 5.56 Å². The molecule has 1 atom stereocenters. The Balaban J connectivity index is 1.97. The molecule has 20 heavy (non-hydrogen) atoms. The van der Waals surface area contributed by atoms with E-state index in [1.807, 2.05) is 37.1 Å². The van der Waals surface area contributed by atoms with Crippen molar-refractivity contribution in [3.63, 3.8) is 0 Å². The second kappa shape index (κ2) is 5.13. The van der Waals surface area contributed by atoms with Gasteiger partial charge in [-0.15, -0.1) is 0 Å². The zero-order chi connectivity index (χ0) is 14.1. The average Bonchev–Trinajstić information content (AvgIpc) is 2.92. The molecular weight excluding hydrogens is 252 g/mol. The molecule has 1 unspecified atom stereocenters. The van der Waals surface area contributed by atoms with Crippen LogP contribution < -0.4 is 10.2 Å². The van der Waals surface area contributed by atoms with Crippen LogP contribution in [-0.4, -0.2) is 19.5 Å². The Morgan fingerprint density at radius 3 is 2.90 bits per heavy atom. The lowest BCUT2D eigenvalue weighted by atomic mass is 9.96. The average molecular weight is 270 g/mol. The second-order valence-corrected chi connectivity index (χ2v) is 5.09. The molecule has 104 valence electrons. The summed E-state index contributed by atoms with van der Waals surface area (Å²) in [5.41, 5.74) is 2.77. The van der Waals surface area contributed by atoms with Gasteiger partial charge >= 0.3 is 0 Å². The first-order valence-electron chi connectivity index (χ1n) is 6.84. The summed E-state index contributed by atoms with van der Waals surface area (Å²) in [5.74, 6) is 0.760. The summed E-state index contributed by atoms with van der Waals surface area (Å²) < 4.78 is 5.25. The molecular formula is C16H18N2O2. The van der Waals surface area contributed by atoms with Gasteiger partial charge in [-0.3, -0.25) is 4.79 Å². The van der Waals surface area contributed by atoms with Crippen molar-refractivity contribution in [1.29, 1.82) is 0 Å². The van der Waals surface area contributed by atoms with Gasteiger partial charge in [-0.25, -0.2) is 0 Å². The largest absolute Gasteiger partial charge is 0.469 e. The van der Waals surface area contributed by atoms with Crippen LogP contribution >= 0.6 is 0 Å². The Morgan fingerprint density at radius 2 is 2.20 bits per heavy atom. The zero-order valence-electron chi connectivity index (χ0n) is 11.7. The molecule has 1 aliphatic rings. The summed E-state index contributed by atoms with van der Waals surface area (Å²) >= 11 is 0. The molecule has 0 spiro atoms. The minimum atomic E-state index is 0.00357. The number of hydrogen-bond donors (Lipinski definition) is 1. The van der Waals surface area contributed by atoms with Crippen molar-refractivity contribution in [1.82, 2.24) is 5.32 Å². The third kappa shape index (κ3) is 2.12. The molecule has 0 fully saturated rings. The van der Waals surface area contributed by atoms with E-state index in [0.717, 1.165) is 17.9 Å². The van der Waals surface area contributed by atoms with Crippen LogP contribution in [0.5, 0.6) is 0 Å². The molecule has 0 aliphatic carbocycles. The van der Waals surface area contributed by atoms with Gasteiger partial charge in [0, 0.05) is 18.3 Å². The van der Waals surface area contributed by atoms with E-state index in [9.17, 15) is 4.79 Å². The first-order chi connectivity index (χ1) is 9.70. The maximum absolute atomic E-state index is 12.6. The van der Waals surface area contributed by atoms with Crippen LogP contribution in [0.2, 0.25) is 0 Å². The number of nitrogens with one attached hydrogen (secondary N) is 1. The van der Waals surface area contributed by atoms with Crippen LogP contribution in [0, 0.1) is 6.92 Å². The maximum atomic E-state index is 12.6. The number of nitrogens with zero attached hydrogens (tertiary/aromatic N) is 1. The van der Waals surface area contributed by atoms with Crippen molar-refractivity contribution in [2.24, 2.45) is 0 Å². The zero-order valence-corrected chi connectivity index (χ0v) is 11.7. The molecule has 2 heterocycles. The summed E-state index contributed by atoms with van der Waals surface area (Å²) in [6.45, 7) is 2.56. The highest BCUT2D eigenvalue weighted by Gasteiger charge is 2.28. The highest BCUT2D eigenvalue weighted by atomic mass is 16.3. The summed E-state index contributed by atoms with van der Waals surface area (Å²) in [6.07, 6.45) is 2.44. The quantitative estimate of drug-likeness (QED) is 0.912. The highest BCUT2D eigenvalue weighted by molar-refractivity contribution is 6.06. The van der Waals surface area contributed by atoms with Crippen molar-refractivity contribution in [2.45, 2.75) is 19.4 Å². The number of carbonyl (C=O) groups is 1. The van der Waals surface area contributed by atoms with Crippen LogP contribution in [0.4, 0.5) is 5.69 Å². The van der Waals surface area contributed by atoms with Gasteiger partial charge in [-0.2, -0.15) is 0 Å². The lowest BCUT2D eigenvalue weighted by Gasteiger charge is -2.34. The van der Waals surface area contributed by atoms with Crippen molar-refractivity contribution in [3.05, 3.63) is 53.5 Å². The van der Waals surface area contributed by atoms with Crippen LogP contribution in [0.3, 0.4) is 0 Å². The molecule has 1 aliphatic heterocycles. The summed E-state index contributed by atoms with van der Waals surface area (Å²) in [7, 11) is 1.96. The number of aryl methyl sites for hydroxylation is 1. The first-order valence-corrected chi connectivity index (χ1v) is 6.84. The van der Waals surface area contributed by atoms with E-state index in [1.54, 1.807) is 6.07 Å². The number of benzene rings is 1. The van der Waals surface area contributed by atoms with Crippen LogP contribution in [0.25, 0.3) is 0 Å². The highest BCUT2D eigenvalue weighted by Crippen LogP contribution is 2.34. The van der Waals surface area contributed by atoms with Gasteiger partial charge in [-0.05, 0) is 38.1 Å². The molecule has 0 bridgehead atoms. The summed E-state index contributed by atoms with van der Waals surface area (Å²) in [5, 5.41) is 3.31. The van der Waals surface area contributed by atoms with Gasteiger partial charge in [0.15, 0.2) is 0 Å². The van der Waals surface area contributed by atoms with Crippen LogP contribution in [-0.2, 0) is 0 Å². The molecule has 1 N–H and O–H groups in total. The first kappa shape index (κ1) is 12.9. The lowest BCUT2D eigenvalue weighted by Crippen LogP contribution is -2.38. The molecule has 1 aromatic carbocycles.